The Kier molecular flexibility index (Phi) is 5.56. The highest BCUT2D eigenvalue weighted by molar-refractivity contribution is 5.83. The van der Waals surface area contributed by atoms with E-state index in [1.165, 1.54) is 5.56 Å². The average molecular weight is 282 g/mol. The van der Waals surface area contributed by atoms with Gasteiger partial charge in [-0.15, -0.1) is 0 Å². The first kappa shape index (κ1) is 15.3. The maximum atomic E-state index is 11.9. The van der Waals surface area contributed by atoms with Crippen molar-refractivity contribution in [3.63, 3.8) is 0 Å². The van der Waals surface area contributed by atoms with E-state index in [9.17, 15) is 4.79 Å². The molecule has 1 unspecified atom stereocenters. The van der Waals surface area contributed by atoms with Gasteiger partial charge in [0.2, 0.25) is 0 Å². The number of benzene rings is 2. The number of hydrogen-bond donors (Lipinski definition) is 0. The highest BCUT2D eigenvalue weighted by Crippen LogP contribution is 2.23. The molecule has 0 bridgehead atoms. The van der Waals surface area contributed by atoms with Gasteiger partial charge in [-0.1, -0.05) is 42.5 Å². The first-order valence-electron chi connectivity index (χ1n) is 7.48. The van der Waals surface area contributed by atoms with Crippen LogP contribution in [0.4, 0.5) is 0 Å². The van der Waals surface area contributed by atoms with Crippen LogP contribution in [0.15, 0.2) is 54.6 Å². The van der Waals surface area contributed by atoms with E-state index in [-0.39, 0.29) is 11.7 Å². The Balaban J connectivity index is 2.00. The molecule has 2 heteroatoms. The van der Waals surface area contributed by atoms with Gasteiger partial charge in [-0.2, -0.15) is 0 Å². The van der Waals surface area contributed by atoms with Gasteiger partial charge in [-0.05, 0) is 49.9 Å². The van der Waals surface area contributed by atoms with Crippen molar-refractivity contribution < 1.29 is 9.53 Å². The van der Waals surface area contributed by atoms with Crippen LogP contribution in [0.5, 0.6) is 5.75 Å². The molecule has 1 atom stereocenters. The van der Waals surface area contributed by atoms with Crippen LogP contribution in [-0.4, -0.2) is 12.4 Å². The first-order chi connectivity index (χ1) is 10.2. The van der Waals surface area contributed by atoms with Crippen molar-refractivity contribution in [1.82, 2.24) is 0 Å². The zero-order valence-corrected chi connectivity index (χ0v) is 12.7. The van der Waals surface area contributed by atoms with Crippen LogP contribution in [0, 0.1) is 0 Å². The second-order valence-corrected chi connectivity index (χ2v) is 5.19. The van der Waals surface area contributed by atoms with Gasteiger partial charge in [0.1, 0.15) is 11.5 Å². The van der Waals surface area contributed by atoms with Crippen LogP contribution in [0.2, 0.25) is 0 Å². The van der Waals surface area contributed by atoms with Crippen molar-refractivity contribution >= 4 is 5.78 Å². The minimum absolute atomic E-state index is 0.0160. The lowest BCUT2D eigenvalue weighted by Gasteiger charge is -2.14. The summed E-state index contributed by atoms with van der Waals surface area (Å²) in [5.41, 5.74) is 2.34. The SMILES string of the molecule is CCOc1ccc(CCC(C(C)=O)c2ccccc2)cc1. The normalized spacial score (nSPS) is 11.9. The van der Waals surface area contributed by atoms with Crippen LogP contribution >= 0.6 is 0 Å². The molecule has 0 amide bonds. The molecule has 0 aliphatic heterocycles. The Morgan fingerprint density at radius 1 is 1.05 bits per heavy atom. The van der Waals surface area contributed by atoms with Crippen LogP contribution in [0.25, 0.3) is 0 Å². The highest BCUT2D eigenvalue weighted by atomic mass is 16.5. The maximum absolute atomic E-state index is 11.9. The van der Waals surface area contributed by atoms with E-state index in [4.69, 9.17) is 4.74 Å². The summed E-state index contributed by atoms with van der Waals surface area (Å²) in [6.45, 7) is 4.33. The van der Waals surface area contributed by atoms with Crippen molar-refractivity contribution in [1.29, 1.82) is 0 Å². The lowest BCUT2D eigenvalue weighted by Crippen LogP contribution is -2.10. The van der Waals surface area contributed by atoms with Crippen LogP contribution in [-0.2, 0) is 11.2 Å². The molecular formula is C19H22O2. The zero-order chi connectivity index (χ0) is 15.1. The summed E-state index contributed by atoms with van der Waals surface area (Å²) in [5.74, 6) is 1.11. The van der Waals surface area contributed by atoms with Crippen molar-refractivity contribution in [2.24, 2.45) is 0 Å². The molecule has 0 N–H and O–H groups in total. The van der Waals surface area contributed by atoms with E-state index < -0.39 is 0 Å². The lowest BCUT2D eigenvalue weighted by atomic mass is 9.89. The summed E-state index contributed by atoms with van der Waals surface area (Å²) in [7, 11) is 0. The molecule has 0 heterocycles. The Labute approximate surface area is 126 Å². The van der Waals surface area contributed by atoms with Crippen LogP contribution < -0.4 is 4.74 Å². The van der Waals surface area contributed by atoms with Crippen molar-refractivity contribution in [2.75, 3.05) is 6.61 Å². The van der Waals surface area contributed by atoms with Gasteiger partial charge in [0.05, 0.1) is 6.61 Å². The zero-order valence-electron chi connectivity index (χ0n) is 12.7. The number of hydrogen-bond acceptors (Lipinski definition) is 2. The molecule has 0 spiro atoms. The Morgan fingerprint density at radius 3 is 2.29 bits per heavy atom. The topological polar surface area (TPSA) is 26.3 Å². The third kappa shape index (κ3) is 4.45. The minimum Gasteiger partial charge on any atom is -0.494 e. The molecule has 2 aromatic rings. The molecule has 0 saturated carbocycles. The smallest absolute Gasteiger partial charge is 0.137 e. The monoisotopic (exact) mass is 282 g/mol. The summed E-state index contributed by atoms with van der Waals surface area (Å²) in [5, 5.41) is 0. The third-order valence-corrected chi connectivity index (χ3v) is 3.65. The molecule has 110 valence electrons. The van der Waals surface area contributed by atoms with Crippen molar-refractivity contribution in [2.45, 2.75) is 32.6 Å². The summed E-state index contributed by atoms with van der Waals surface area (Å²) in [6.07, 6.45) is 1.73. The van der Waals surface area contributed by atoms with E-state index >= 15 is 0 Å². The van der Waals surface area contributed by atoms with Gasteiger partial charge in [0.15, 0.2) is 0 Å². The molecule has 2 nitrogen and oxygen atoms in total. The average Bonchev–Trinajstić information content (AvgIpc) is 2.50. The largest absolute Gasteiger partial charge is 0.494 e. The van der Waals surface area contributed by atoms with E-state index in [1.807, 2.05) is 49.4 Å². The third-order valence-electron chi connectivity index (χ3n) is 3.65. The molecular weight excluding hydrogens is 260 g/mol. The molecule has 0 saturated heterocycles. The van der Waals surface area contributed by atoms with Gasteiger partial charge >= 0.3 is 0 Å². The van der Waals surface area contributed by atoms with Gasteiger partial charge in [0.25, 0.3) is 0 Å². The van der Waals surface area contributed by atoms with E-state index in [0.29, 0.717) is 6.61 Å². The van der Waals surface area contributed by atoms with Crippen LogP contribution in [0.3, 0.4) is 0 Å². The fraction of sp³-hybridized carbons (Fsp3) is 0.316. The van der Waals surface area contributed by atoms with Gasteiger partial charge < -0.3 is 4.74 Å². The number of ether oxygens (including phenoxy) is 1. The maximum Gasteiger partial charge on any atom is 0.137 e. The number of aryl methyl sites for hydroxylation is 1. The van der Waals surface area contributed by atoms with E-state index in [0.717, 1.165) is 24.2 Å². The number of Topliss-reactive ketones (excluding diaryl/α,β-unsaturated/α-hetero) is 1. The second-order valence-electron chi connectivity index (χ2n) is 5.19. The molecule has 0 aliphatic carbocycles. The number of ketones is 1. The van der Waals surface area contributed by atoms with Crippen molar-refractivity contribution in [3.05, 3.63) is 65.7 Å². The van der Waals surface area contributed by atoms with E-state index in [1.54, 1.807) is 6.92 Å². The molecule has 0 fully saturated rings. The molecule has 0 aromatic heterocycles. The number of carbonyl (C=O) groups excluding carboxylic acids is 1. The lowest BCUT2D eigenvalue weighted by molar-refractivity contribution is -0.118. The van der Waals surface area contributed by atoms with Crippen LogP contribution in [0.1, 0.15) is 37.3 Å². The number of rotatable bonds is 7. The second kappa shape index (κ2) is 7.63. The predicted molar refractivity (Wildman–Crippen MR) is 85.8 cm³/mol. The molecule has 0 aliphatic rings. The first-order valence-corrected chi connectivity index (χ1v) is 7.48. The van der Waals surface area contributed by atoms with Crippen molar-refractivity contribution in [3.8, 4) is 5.75 Å². The fourth-order valence-corrected chi connectivity index (χ4v) is 2.52. The fourth-order valence-electron chi connectivity index (χ4n) is 2.52. The number of carbonyl (C=O) groups is 1. The Hall–Kier alpha value is -2.09. The quantitative estimate of drug-likeness (QED) is 0.752. The molecule has 2 aromatic carbocycles. The highest BCUT2D eigenvalue weighted by Gasteiger charge is 2.16. The Morgan fingerprint density at radius 2 is 1.71 bits per heavy atom. The minimum atomic E-state index is -0.0160. The summed E-state index contributed by atoms with van der Waals surface area (Å²) < 4.78 is 5.44. The van der Waals surface area contributed by atoms with Gasteiger partial charge in [-0.25, -0.2) is 0 Å². The Bertz CT molecular complexity index is 558. The summed E-state index contributed by atoms with van der Waals surface area (Å²) in [6, 6.07) is 18.2. The standard InChI is InChI=1S/C19H22O2/c1-3-21-18-12-9-16(10-13-18)11-14-19(15(2)20)17-7-5-4-6-8-17/h4-10,12-13,19H,3,11,14H2,1-2H3. The van der Waals surface area contributed by atoms with Gasteiger partial charge in [0, 0.05) is 5.92 Å². The summed E-state index contributed by atoms with van der Waals surface area (Å²) in [4.78, 5) is 11.9. The van der Waals surface area contributed by atoms with Gasteiger partial charge in [-0.3, -0.25) is 4.79 Å². The summed E-state index contributed by atoms with van der Waals surface area (Å²) >= 11 is 0. The molecule has 0 radical (unpaired) electrons. The molecule has 2 rings (SSSR count). The molecule has 21 heavy (non-hydrogen) atoms. The predicted octanol–water partition coefficient (Wildman–Crippen LogP) is 4.39. The van der Waals surface area contributed by atoms with E-state index in [2.05, 4.69) is 12.1 Å².